The van der Waals surface area contributed by atoms with E-state index < -0.39 is 0 Å². The zero-order valence-corrected chi connectivity index (χ0v) is 8.89. The maximum atomic E-state index is 3.62. The van der Waals surface area contributed by atoms with Crippen molar-refractivity contribution >= 4 is 0 Å². The summed E-state index contributed by atoms with van der Waals surface area (Å²) in [5, 5.41) is 3.62. The SMILES string of the molecule is CCNC1CCCC(C2CCC2)C1. The second kappa shape index (κ2) is 4.45. The molecule has 0 heterocycles. The van der Waals surface area contributed by atoms with Gasteiger partial charge in [0.25, 0.3) is 0 Å². The van der Waals surface area contributed by atoms with E-state index in [1.165, 1.54) is 44.9 Å². The van der Waals surface area contributed by atoms with E-state index in [1.54, 1.807) is 0 Å². The quantitative estimate of drug-likeness (QED) is 0.706. The van der Waals surface area contributed by atoms with Gasteiger partial charge in [-0.05, 0) is 31.2 Å². The van der Waals surface area contributed by atoms with Crippen LogP contribution in [0, 0.1) is 11.8 Å². The van der Waals surface area contributed by atoms with Gasteiger partial charge in [0.15, 0.2) is 0 Å². The molecule has 0 aromatic carbocycles. The second-order valence-corrected chi connectivity index (χ2v) is 4.87. The Morgan fingerprint density at radius 1 is 1.00 bits per heavy atom. The molecule has 2 saturated carbocycles. The maximum Gasteiger partial charge on any atom is 0.00696 e. The molecule has 2 unspecified atom stereocenters. The van der Waals surface area contributed by atoms with E-state index in [2.05, 4.69) is 12.2 Å². The Kier molecular flexibility index (Phi) is 3.26. The van der Waals surface area contributed by atoms with Crippen LogP contribution in [0.4, 0.5) is 0 Å². The lowest BCUT2D eigenvalue weighted by molar-refractivity contribution is 0.143. The van der Waals surface area contributed by atoms with E-state index in [1.807, 2.05) is 0 Å². The fraction of sp³-hybridized carbons (Fsp3) is 1.00. The highest BCUT2D eigenvalue weighted by Crippen LogP contribution is 2.40. The van der Waals surface area contributed by atoms with E-state index in [0.29, 0.717) is 0 Å². The normalized spacial score (nSPS) is 35.8. The Balaban J connectivity index is 1.77. The number of nitrogens with one attached hydrogen (secondary N) is 1. The van der Waals surface area contributed by atoms with Gasteiger partial charge in [0.1, 0.15) is 0 Å². The van der Waals surface area contributed by atoms with E-state index in [0.717, 1.165) is 24.4 Å². The van der Waals surface area contributed by atoms with Crippen LogP contribution in [-0.2, 0) is 0 Å². The summed E-state index contributed by atoms with van der Waals surface area (Å²) in [5.74, 6) is 2.19. The summed E-state index contributed by atoms with van der Waals surface area (Å²) in [5.41, 5.74) is 0. The van der Waals surface area contributed by atoms with Crippen molar-refractivity contribution in [3.63, 3.8) is 0 Å². The predicted octanol–water partition coefficient (Wildman–Crippen LogP) is 2.95. The van der Waals surface area contributed by atoms with Crippen molar-refractivity contribution in [3.8, 4) is 0 Å². The molecular weight excluding hydrogens is 158 g/mol. The highest BCUT2D eigenvalue weighted by atomic mass is 14.9. The Labute approximate surface area is 82.3 Å². The summed E-state index contributed by atoms with van der Waals surface area (Å²) < 4.78 is 0. The Morgan fingerprint density at radius 2 is 1.69 bits per heavy atom. The third-order valence-electron chi connectivity index (χ3n) is 4.02. The maximum absolute atomic E-state index is 3.62. The fourth-order valence-electron chi connectivity index (χ4n) is 3.04. The van der Waals surface area contributed by atoms with Gasteiger partial charge < -0.3 is 5.32 Å². The van der Waals surface area contributed by atoms with Gasteiger partial charge in [0.2, 0.25) is 0 Å². The molecule has 1 heteroatoms. The molecule has 76 valence electrons. The van der Waals surface area contributed by atoms with Crippen LogP contribution in [0.25, 0.3) is 0 Å². The predicted molar refractivity (Wildman–Crippen MR) is 56.8 cm³/mol. The van der Waals surface area contributed by atoms with Crippen molar-refractivity contribution in [2.24, 2.45) is 11.8 Å². The first-order chi connectivity index (χ1) is 6.40. The van der Waals surface area contributed by atoms with Crippen molar-refractivity contribution in [2.75, 3.05) is 6.54 Å². The molecule has 2 aliphatic carbocycles. The molecule has 2 rings (SSSR count). The fourth-order valence-corrected chi connectivity index (χ4v) is 3.04. The molecule has 0 aromatic rings. The van der Waals surface area contributed by atoms with Crippen LogP contribution in [0.3, 0.4) is 0 Å². The molecule has 0 aliphatic heterocycles. The topological polar surface area (TPSA) is 12.0 Å². The van der Waals surface area contributed by atoms with Crippen LogP contribution >= 0.6 is 0 Å². The van der Waals surface area contributed by atoms with Crippen molar-refractivity contribution in [3.05, 3.63) is 0 Å². The van der Waals surface area contributed by atoms with Gasteiger partial charge in [0, 0.05) is 6.04 Å². The highest BCUT2D eigenvalue weighted by Gasteiger charge is 2.31. The number of rotatable bonds is 3. The summed E-state index contributed by atoms with van der Waals surface area (Å²) in [7, 11) is 0. The third kappa shape index (κ3) is 2.25. The van der Waals surface area contributed by atoms with Crippen molar-refractivity contribution in [1.82, 2.24) is 5.32 Å². The van der Waals surface area contributed by atoms with Crippen molar-refractivity contribution in [1.29, 1.82) is 0 Å². The molecule has 1 N–H and O–H groups in total. The molecule has 2 fully saturated rings. The summed E-state index contributed by atoms with van der Waals surface area (Å²) in [6, 6.07) is 0.851. The molecule has 13 heavy (non-hydrogen) atoms. The first-order valence-corrected chi connectivity index (χ1v) is 6.13. The zero-order chi connectivity index (χ0) is 9.10. The molecule has 0 bridgehead atoms. The molecular formula is C12H23N. The minimum atomic E-state index is 0.851. The summed E-state index contributed by atoms with van der Waals surface area (Å²) in [6.45, 7) is 3.38. The average molecular weight is 181 g/mol. The Hall–Kier alpha value is -0.0400. The van der Waals surface area contributed by atoms with Crippen LogP contribution in [-0.4, -0.2) is 12.6 Å². The van der Waals surface area contributed by atoms with E-state index in [4.69, 9.17) is 0 Å². The van der Waals surface area contributed by atoms with Crippen LogP contribution < -0.4 is 5.32 Å². The largest absolute Gasteiger partial charge is 0.314 e. The first kappa shape index (κ1) is 9.51. The van der Waals surface area contributed by atoms with Crippen LogP contribution in [0.1, 0.15) is 51.9 Å². The van der Waals surface area contributed by atoms with Crippen molar-refractivity contribution in [2.45, 2.75) is 57.9 Å². The summed E-state index contributed by atoms with van der Waals surface area (Å²) in [4.78, 5) is 0. The molecule has 2 aliphatic rings. The van der Waals surface area contributed by atoms with Gasteiger partial charge in [-0.2, -0.15) is 0 Å². The second-order valence-electron chi connectivity index (χ2n) is 4.87. The number of hydrogen-bond acceptors (Lipinski definition) is 1. The van der Waals surface area contributed by atoms with Gasteiger partial charge in [-0.3, -0.25) is 0 Å². The standard InChI is InChI=1S/C12H23N/c1-2-13-12-8-4-7-11(9-12)10-5-3-6-10/h10-13H,2-9H2,1H3. The number of hydrogen-bond donors (Lipinski definition) is 1. The highest BCUT2D eigenvalue weighted by molar-refractivity contribution is 4.85. The van der Waals surface area contributed by atoms with E-state index in [9.17, 15) is 0 Å². The molecule has 0 radical (unpaired) electrons. The lowest BCUT2D eigenvalue weighted by atomic mass is 9.69. The molecule has 0 amide bonds. The van der Waals surface area contributed by atoms with Crippen LogP contribution in [0.5, 0.6) is 0 Å². The first-order valence-electron chi connectivity index (χ1n) is 6.13. The zero-order valence-electron chi connectivity index (χ0n) is 8.89. The molecule has 2 atom stereocenters. The van der Waals surface area contributed by atoms with Crippen LogP contribution in [0.15, 0.2) is 0 Å². The smallest absolute Gasteiger partial charge is 0.00696 e. The van der Waals surface area contributed by atoms with Crippen molar-refractivity contribution < 1.29 is 0 Å². The monoisotopic (exact) mass is 181 g/mol. The van der Waals surface area contributed by atoms with Crippen LogP contribution in [0.2, 0.25) is 0 Å². The Morgan fingerprint density at radius 3 is 2.31 bits per heavy atom. The minimum Gasteiger partial charge on any atom is -0.314 e. The lowest BCUT2D eigenvalue weighted by Crippen LogP contribution is -2.37. The van der Waals surface area contributed by atoms with Gasteiger partial charge in [-0.15, -0.1) is 0 Å². The lowest BCUT2D eigenvalue weighted by Gasteiger charge is -2.39. The van der Waals surface area contributed by atoms with Gasteiger partial charge >= 0.3 is 0 Å². The molecule has 0 aromatic heterocycles. The van der Waals surface area contributed by atoms with E-state index >= 15 is 0 Å². The van der Waals surface area contributed by atoms with Gasteiger partial charge in [0.05, 0.1) is 0 Å². The molecule has 0 spiro atoms. The molecule has 0 saturated heterocycles. The Bertz CT molecular complexity index is 149. The summed E-state index contributed by atoms with van der Waals surface area (Å²) in [6.07, 6.45) is 10.5. The minimum absolute atomic E-state index is 0.851. The summed E-state index contributed by atoms with van der Waals surface area (Å²) >= 11 is 0. The average Bonchev–Trinajstić information content (AvgIpc) is 2.02. The van der Waals surface area contributed by atoms with E-state index in [-0.39, 0.29) is 0 Å². The van der Waals surface area contributed by atoms with Gasteiger partial charge in [-0.1, -0.05) is 39.0 Å². The molecule has 1 nitrogen and oxygen atoms in total. The van der Waals surface area contributed by atoms with Gasteiger partial charge in [-0.25, -0.2) is 0 Å². The third-order valence-corrected chi connectivity index (χ3v) is 4.02.